The van der Waals surface area contributed by atoms with Crippen LogP contribution in [0, 0.1) is 0 Å². The minimum absolute atomic E-state index is 0.0468. The first-order valence-electron chi connectivity index (χ1n) is 8.59. The first-order valence-corrected chi connectivity index (χ1v) is 8.59. The topological polar surface area (TPSA) is 79.3 Å². The number of aliphatic hydroxyl groups is 1. The number of ether oxygens (including phenoxy) is 2. The van der Waals surface area contributed by atoms with Crippen LogP contribution >= 0.6 is 0 Å². The molecule has 0 spiro atoms. The molecule has 1 N–H and O–H groups in total. The van der Waals surface area contributed by atoms with Crippen LogP contribution in [0.2, 0.25) is 0 Å². The molecule has 2 rings (SSSR count). The average Bonchev–Trinajstić information content (AvgIpc) is 2.84. The van der Waals surface area contributed by atoms with Crippen LogP contribution in [-0.2, 0) is 14.3 Å². The van der Waals surface area contributed by atoms with E-state index in [1.54, 1.807) is 36.2 Å². The molecule has 0 unspecified atom stereocenters. The molecule has 0 radical (unpaired) electrons. The molecule has 0 aliphatic carbocycles. The maximum Gasteiger partial charge on any atom is 0.277 e. The second kappa shape index (κ2) is 8.82. The lowest BCUT2D eigenvalue weighted by molar-refractivity contribution is -0.138. The van der Waals surface area contributed by atoms with Gasteiger partial charge in [0.15, 0.2) is 0 Å². The van der Waals surface area contributed by atoms with Gasteiger partial charge in [-0.15, -0.1) is 0 Å². The zero-order chi connectivity index (χ0) is 19.3. The molecule has 0 aromatic heterocycles. The summed E-state index contributed by atoms with van der Waals surface area (Å²) in [4.78, 5) is 28.4. The number of hydrogen-bond donors (Lipinski definition) is 1. The van der Waals surface area contributed by atoms with Crippen molar-refractivity contribution in [2.24, 2.45) is 0 Å². The van der Waals surface area contributed by atoms with Crippen molar-refractivity contribution in [1.82, 2.24) is 9.80 Å². The molecule has 7 heteroatoms. The zero-order valence-electron chi connectivity index (χ0n) is 15.7. The summed E-state index contributed by atoms with van der Waals surface area (Å²) in [5, 5.41) is 9.22. The number of hydrogen-bond acceptors (Lipinski definition) is 6. The lowest BCUT2D eigenvalue weighted by Crippen LogP contribution is -2.37. The van der Waals surface area contributed by atoms with Crippen LogP contribution in [-0.4, -0.2) is 73.3 Å². The Kier molecular flexibility index (Phi) is 6.76. The third-order valence-corrected chi connectivity index (χ3v) is 3.99. The van der Waals surface area contributed by atoms with Crippen molar-refractivity contribution in [2.75, 3.05) is 40.5 Å². The van der Waals surface area contributed by atoms with E-state index in [9.17, 15) is 14.7 Å². The van der Waals surface area contributed by atoms with Crippen molar-refractivity contribution in [1.29, 1.82) is 0 Å². The highest BCUT2D eigenvalue weighted by molar-refractivity contribution is 6.35. The van der Waals surface area contributed by atoms with Crippen molar-refractivity contribution < 1.29 is 24.2 Å². The first kappa shape index (κ1) is 19.9. The molecule has 1 aromatic rings. The Morgan fingerprint density at radius 1 is 1.15 bits per heavy atom. The minimum Gasteiger partial charge on any atom is -0.491 e. The van der Waals surface area contributed by atoms with Gasteiger partial charge >= 0.3 is 0 Å². The lowest BCUT2D eigenvalue weighted by atomic mass is 10.0. The third kappa shape index (κ3) is 4.23. The molecule has 26 heavy (non-hydrogen) atoms. The van der Waals surface area contributed by atoms with Gasteiger partial charge in [0.1, 0.15) is 11.4 Å². The van der Waals surface area contributed by atoms with Gasteiger partial charge in [-0.2, -0.15) is 0 Å². The molecule has 1 aliphatic rings. The largest absolute Gasteiger partial charge is 0.491 e. The number of aliphatic hydroxyl groups excluding tert-OH is 1. The summed E-state index contributed by atoms with van der Waals surface area (Å²) >= 11 is 0. The number of rotatable bonds is 9. The molecule has 0 bridgehead atoms. The van der Waals surface area contributed by atoms with Gasteiger partial charge in [-0.05, 0) is 31.5 Å². The van der Waals surface area contributed by atoms with Gasteiger partial charge in [-0.3, -0.25) is 14.5 Å². The van der Waals surface area contributed by atoms with Crippen molar-refractivity contribution in [3.63, 3.8) is 0 Å². The molecule has 2 amide bonds. The normalized spacial score (nSPS) is 14.6. The van der Waals surface area contributed by atoms with E-state index in [1.165, 1.54) is 12.0 Å². The van der Waals surface area contributed by atoms with E-state index in [2.05, 4.69) is 0 Å². The number of methoxy groups -OCH3 is 1. The summed E-state index contributed by atoms with van der Waals surface area (Å²) in [6.45, 7) is 4.46. The van der Waals surface area contributed by atoms with Gasteiger partial charge in [0.2, 0.25) is 0 Å². The number of carbonyl (C=O) groups is 2. The van der Waals surface area contributed by atoms with Gasteiger partial charge < -0.3 is 19.5 Å². The van der Waals surface area contributed by atoms with Crippen LogP contribution in [0.3, 0.4) is 0 Å². The van der Waals surface area contributed by atoms with Gasteiger partial charge in [-0.1, -0.05) is 12.1 Å². The highest BCUT2D eigenvalue weighted by Gasteiger charge is 2.40. The van der Waals surface area contributed by atoms with E-state index in [0.29, 0.717) is 16.9 Å². The molecule has 0 fully saturated rings. The number of benzene rings is 1. The van der Waals surface area contributed by atoms with Gasteiger partial charge in [-0.25, -0.2) is 0 Å². The summed E-state index contributed by atoms with van der Waals surface area (Å²) < 4.78 is 10.6. The van der Waals surface area contributed by atoms with Crippen molar-refractivity contribution in [3.8, 4) is 5.75 Å². The first-order chi connectivity index (χ1) is 12.4. The van der Waals surface area contributed by atoms with Crippen LogP contribution in [0.4, 0.5) is 0 Å². The Hall–Kier alpha value is -2.38. The van der Waals surface area contributed by atoms with Gasteiger partial charge in [0.25, 0.3) is 11.8 Å². The summed E-state index contributed by atoms with van der Waals surface area (Å²) in [6, 6.07) is 7.10. The molecule has 1 aliphatic heterocycles. The molecule has 1 heterocycles. The molecular weight excluding hydrogens is 336 g/mol. The summed E-state index contributed by atoms with van der Waals surface area (Å²) in [5.41, 5.74) is 1.26. The Labute approximate surface area is 153 Å². The Balaban J connectivity index is 2.41. The maximum atomic E-state index is 12.9. The number of imide groups is 1. The number of likely N-dealkylation sites (N-methyl/N-ethyl adjacent to an activating group) is 1. The van der Waals surface area contributed by atoms with Gasteiger partial charge in [0, 0.05) is 20.7 Å². The van der Waals surface area contributed by atoms with Crippen molar-refractivity contribution in [3.05, 3.63) is 35.5 Å². The third-order valence-electron chi connectivity index (χ3n) is 3.99. The number of nitrogens with zero attached hydrogens (tertiary/aromatic N) is 2. The SMILES string of the molecule is COCCN1C(=O)C(c2ccc(OC(C)C)cc2)=C(N(C)CCO)C1=O. The predicted molar refractivity (Wildman–Crippen MR) is 97.4 cm³/mol. The maximum absolute atomic E-state index is 12.9. The number of carbonyl (C=O) groups excluding carboxylic acids is 2. The molecule has 0 atom stereocenters. The van der Waals surface area contributed by atoms with Gasteiger partial charge in [0.05, 0.1) is 31.4 Å². The van der Waals surface area contributed by atoms with Crippen LogP contribution in [0.5, 0.6) is 5.75 Å². The summed E-state index contributed by atoms with van der Waals surface area (Å²) in [5.74, 6) is -0.0347. The Morgan fingerprint density at radius 2 is 1.81 bits per heavy atom. The second-order valence-electron chi connectivity index (χ2n) is 6.31. The minimum atomic E-state index is -0.375. The van der Waals surface area contributed by atoms with E-state index >= 15 is 0 Å². The fourth-order valence-corrected chi connectivity index (χ4v) is 2.80. The van der Waals surface area contributed by atoms with Crippen molar-refractivity contribution >= 4 is 17.4 Å². The van der Waals surface area contributed by atoms with Crippen LogP contribution in [0.15, 0.2) is 30.0 Å². The van der Waals surface area contributed by atoms with E-state index in [1.807, 2.05) is 13.8 Å². The smallest absolute Gasteiger partial charge is 0.277 e. The fraction of sp³-hybridized carbons (Fsp3) is 0.474. The van der Waals surface area contributed by atoms with E-state index in [-0.39, 0.29) is 49.9 Å². The highest BCUT2D eigenvalue weighted by Crippen LogP contribution is 2.31. The van der Waals surface area contributed by atoms with Crippen LogP contribution in [0.1, 0.15) is 19.4 Å². The zero-order valence-corrected chi connectivity index (χ0v) is 15.7. The predicted octanol–water partition coefficient (Wildman–Crippen LogP) is 1.12. The molecule has 0 saturated heterocycles. The average molecular weight is 362 g/mol. The van der Waals surface area contributed by atoms with E-state index in [0.717, 1.165) is 0 Å². The fourth-order valence-electron chi connectivity index (χ4n) is 2.80. The molecule has 142 valence electrons. The van der Waals surface area contributed by atoms with Crippen LogP contribution in [0.25, 0.3) is 5.57 Å². The summed E-state index contributed by atoms with van der Waals surface area (Å²) in [6.07, 6.45) is 0.0468. The Bertz CT molecular complexity index is 682. The molecule has 0 saturated carbocycles. The standard InChI is InChI=1S/C19H26N2O5/c1-13(2)26-15-7-5-14(6-8-15)16-17(20(3)9-11-22)19(24)21(18(16)23)10-12-25-4/h5-8,13,22H,9-12H2,1-4H3. The summed E-state index contributed by atoms with van der Waals surface area (Å²) in [7, 11) is 3.21. The van der Waals surface area contributed by atoms with E-state index in [4.69, 9.17) is 9.47 Å². The molecule has 7 nitrogen and oxygen atoms in total. The van der Waals surface area contributed by atoms with E-state index < -0.39 is 0 Å². The highest BCUT2D eigenvalue weighted by atomic mass is 16.5. The lowest BCUT2D eigenvalue weighted by Gasteiger charge is -2.20. The molecular formula is C19H26N2O5. The quantitative estimate of drug-likeness (QED) is 0.664. The number of amides is 2. The Morgan fingerprint density at radius 3 is 2.35 bits per heavy atom. The molecule has 1 aromatic carbocycles. The second-order valence-corrected chi connectivity index (χ2v) is 6.31. The van der Waals surface area contributed by atoms with Crippen molar-refractivity contribution in [2.45, 2.75) is 20.0 Å². The van der Waals surface area contributed by atoms with Crippen LogP contribution < -0.4 is 4.74 Å². The monoisotopic (exact) mass is 362 g/mol.